The van der Waals surface area contributed by atoms with Crippen LogP contribution < -0.4 is 0 Å². The molecule has 2 aliphatic carbocycles. The second kappa shape index (κ2) is 5.76. The van der Waals surface area contributed by atoms with Gasteiger partial charge in [0, 0.05) is 28.9 Å². The fourth-order valence-electron chi connectivity index (χ4n) is 4.15. The van der Waals surface area contributed by atoms with Gasteiger partial charge in [0.05, 0.1) is 12.5 Å². The van der Waals surface area contributed by atoms with Crippen LogP contribution in [-0.2, 0) is 28.6 Å². The molecule has 0 aromatic heterocycles. The molecule has 3 fully saturated rings. The third-order valence-corrected chi connectivity index (χ3v) is 5.38. The average molecular weight is 334 g/mol. The maximum Gasteiger partial charge on any atom is 0.333 e. The highest BCUT2D eigenvalue weighted by atomic mass is 16.6. The highest BCUT2D eigenvalue weighted by Crippen LogP contribution is 2.62. The molecule has 0 N–H and O–H groups in total. The van der Waals surface area contributed by atoms with Gasteiger partial charge in [-0.1, -0.05) is 20.1 Å². The Kier molecular flexibility index (Phi) is 4.01. The van der Waals surface area contributed by atoms with Crippen LogP contribution in [0.2, 0.25) is 0 Å². The summed E-state index contributed by atoms with van der Waals surface area (Å²) in [6.45, 7) is 10.8. The zero-order valence-corrected chi connectivity index (χ0v) is 14.0. The lowest BCUT2D eigenvalue weighted by Crippen LogP contribution is -2.41. The van der Waals surface area contributed by atoms with Crippen molar-refractivity contribution in [3.8, 4) is 0 Å². The van der Waals surface area contributed by atoms with Crippen molar-refractivity contribution in [1.82, 2.24) is 0 Å². The van der Waals surface area contributed by atoms with Gasteiger partial charge in [-0.3, -0.25) is 4.79 Å². The van der Waals surface area contributed by atoms with Gasteiger partial charge in [0.15, 0.2) is 0 Å². The van der Waals surface area contributed by atoms with Gasteiger partial charge in [-0.2, -0.15) is 0 Å². The van der Waals surface area contributed by atoms with E-state index in [-0.39, 0.29) is 47.9 Å². The molecule has 0 spiro atoms. The van der Waals surface area contributed by atoms with Gasteiger partial charge in [-0.25, -0.2) is 9.59 Å². The van der Waals surface area contributed by atoms with E-state index in [0.717, 1.165) is 6.42 Å². The lowest BCUT2D eigenvalue weighted by atomic mass is 9.79. The van der Waals surface area contributed by atoms with Gasteiger partial charge in [0.25, 0.3) is 0 Å². The monoisotopic (exact) mass is 334 g/mol. The van der Waals surface area contributed by atoms with Gasteiger partial charge in [0.2, 0.25) is 0 Å². The van der Waals surface area contributed by atoms with Crippen LogP contribution in [0.5, 0.6) is 0 Å². The lowest BCUT2D eigenvalue weighted by molar-refractivity contribution is -0.162. The third kappa shape index (κ3) is 2.64. The van der Waals surface area contributed by atoms with Crippen LogP contribution in [0.4, 0.5) is 0 Å². The van der Waals surface area contributed by atoms with E-state index in [1.54, 1.807) is 6.92 Å². The molecule has 6 heteroatoms. The Labute approximate surface area is 140 Å². The molecule has 0 aromatic carbocycles. The van der Waals surface area contributed by atoms with Gasteiger partial charge in [-0.15, -0.1) is 0 Å². The maximum atomic E-state index is 12.3. The Morgan fingerprint density at radius 1 is 1.29 bits per heavy atom. The topological polar surface area (TPSA) is 78.9 Å². The fourth-order valence-corrected chi connectivity index (χ4v) is 4.15. The Morgan fingerprint density at radius 2 is 2.00 bits per heavy atom. The van der Waals surface area contributed by atoms with Gasteiger partial charge < -0.3 is 14.2 Å². The number of carbonyl (C=O) groups is 3. The van der Waals surface area contributed by atoms with E-state index < -0.39 is 18.0 Å². The second-order valence-corrected chi connectivity index (χ2v) is 7.33. The zero-order valence-electron chi connectivity index (χ0n) is 14.0. The number of fused-ring (bicyclic) bond motifs is 1. The minimum Gasteiger partial charge on any atom is -0.462 e. The molecule has 3 aliphatic rings. The van der Waals surface area contributed by atoms with E-state index in [4.69, 9.17) is 14.2 Å². The summed E-state index contributed by atoms with van der Waals surface area (Å²) in [5, 5.41) is 0. The van der Waals surface area contributed by atoms with Crippen LogP contribution in [0.1, 0.15) is 33.1 Å². The summed E-state index contributed by atoms with van der Waals surface area (Å²) < 4.78 is 16.0. The Hall–Kier alpha value is -2.11. The van der Waals surface area contributed by atoms with Crippen LogP contribution in [0.25, 0.3) is 0 Å². The third-order valence-electron chi connectivity index (χ3n) is 5.38. The van der Waals surface area contributed by atoms with Crippen LogP contribution in [0.15, 0.2) is 24.3 Å². The first-order valence-electron chi connectivity index (χ1n) is 8.15. The van der Waals surface area contributed by atoms with Crippen molar-refractivity contribution in [2.45, 2.75) is 45.3 Å². The van der Waals surface area contributed by atoms with Crippen molar-refractivity contribution in [2.75, 3.05) is 6.61 Å². The van der Waals surface area contributed by atoms with Gasteiger partial charge >= 0.3 is 17.9 Å². The summed E-state index contributed by atoms with van der Waals surface area (Å²) in [4.78, 5) is 35.4. The Morgan fingerprint density at radius 3 is 2.67 bits per heavy atom. The number of hydrogen-bond acceptors (Lipinski definition) is 6. The highest BCUT2D eigenvalue weighted by molar-refractivity contribution is 5.89. The molecule has 130 valence electrons. The molecule has 3 rings (SSSR count). The van der Waals surface area contributed by atoms with E-state index in [0.29, 0.717) is 12.0 Å². The molecule has 0 radical (unpaired) electrons. The first-order chi connectivity index (χ1) is 11.2. The van der Waals surface area contributed by atoms with Crippen molar-refractivity contribution >= 4 is 17.9 Å². The van der Waals surface area contributed by atoms with Crippen molar-refractivity contribution in [1.29, 1.82) is 0 Å². The summed E-state index contributed by atoms with van der Waals surface area (Å²) in [5.41, 5.74) is 0.321. The fraction of sp³-hybridized carbons (Fsp3) is 0.611. The van der Waals surface area contributed by atoms with Crippen molar-refractivity contribution in [3.63, 3.8) is 0 Å². The quantitative estimate of drug-likeness (QED) is 0.420. The molecule has 5 atom stereocenters. The molecule has 0 aromatic rings. The average Bonchev–Trinajstić information content (AvgIpc) is 3.06. The first kappa shape index (κ1) is 16.7. The molecule has 2 saturated carbocycles. The van der Waals surface area contributed by atoms with Crippen molar-refractivity contribution in [2.24, 2.45) is 17.3 Å². The minimum absolute atomic E-state index is 0.0419. The molecular formula is C18H22O6. The number of rotatable bonds is 6. The smallest absolute Gasteiger partial charge is 0.333 e. The molecular weight excluding hydrogens is 312 g/mol. The summed E-state index contributed by atoms with van der Waals surface area (Å²) in [6, 6.07) is 0. The largest absolute Gasteiger partial charge is 0.462 e. The summed E-state index contributed by atoms with van der Waals surface area (Å²) in [7, 11) is 0. The standard InChI is InChI=1S/C18H22O6/c1-9(2)15(19)22-6-5-10(3)16(20)24-14-13-11-7-18(14,4)8-12(11)17(21)23-13/h11-14H,1,3,5-8H2,2,4H3. The Bertz CT molecular complexity index is 635. The summed E-state index contributed by atoms with van der Waals surface area (Å²) >= 11 is 0. The SMILES string of the molecule is C=C(C)C(=O)OCCC(=C)C(=O)OC1C2OC(=O)C3CC1(C)CC32. The van der Waals surface area contributed by atoms with E-state index >= 15 is 0 Å². The summed E-state index contributed by atoms with van der Waals surface area (Å²) in [5.74, 6) is -1.08. The molecule has 1 saturated heterocycles. The maximum absolute atomic E-state index is 12.3. The number of esters is 3. The molecule has 2 bridgehead atoms. The highest BCUT2D eigenvalue weighted by Gasteiger charge is 2.68. The van der Waals surface area contributed by atoms with E-state index in [2.05, 4.69) is 13.2 Å². The van der Waals surface area contributed by atoms with E-state index in [1.807, 2.05) is 6.92 Å². The van der Waals surface area contributed by atoms with Gasteiger partial charge in [-0.05, 0) is 19.8 Å². The zero-order chi connectivity index (χ0) is 17.6. The molecule has 0 amide bonds. The molecule has 6 nitrogen and oxygen atoms in total. The normalized spacial score (nSPS) is 35.5. The van der Waals surface area contributed by atoms with Crippen LogP contribution in [-0.4, -0.2) is 36.7 Å². The minimum atomic E-state index is -0.528. The van der Waals surface area contributed by atoms with Gasteiger partial charge in [0.1, 0.15) is 12.2 Å². The first-order valence-corrected chi connectivity index (χ1v) is 8.15. The summed E-state index contributed by atoms with van der Waals surface area (Å²) in [6.07, 6.45) is 0.979. The molecule has 1 aliphatic heterocycles. The van der Waals surface area contributed by atoms with E-state index in [9.17, 15) is 14.4 Å². The number of hydrogen-bond donors (Lipinski definition) is 0. The number of ether oxygens (including phenoxy) is 3. The predicted octanol–water partition coefficient (Wildman–Crippen LogP) is 1.94. The lowest BCUT2D eigenvalue weighted by Gasteiger charge is -2.32. The molecule has 5 unspecified atom stereocenters. The number of carbonyl (C=O) groups excluding carboxylic acids is 3. The second-order valence-electron chi connectivity index (χ2n) is 7.33. The van der Waals surface area contributed by atoms with Crippen LogP contribution in [0, 0.1) is 17.3 Å². The van der Waals surface area contributed by atoms with Crippen molar-refractivity contribution < 1.29 is 28.6 Å². The van der Waals surface area contributed by atoms with E-state index in [1.165, 1.54) is 0 Å². The van der Waals surface area contributed by atoms with Crippen LogP contribution >= 0.6 is 0 Å². The van der Waals surface area contributed by atoms with Crippen LogP contribution in [0.3, 0.4) is 0 Å². The molecule has 1 heterocycles. The Balaban J connectivity index is 1.54. The predicted molar refractivity (Wildman–Crippen MR) is 83.6 cm³/mol. The molecule has 24 heavy (non-hydrogen) atoms. The van der Waals surface area contributed by atoms with Crippen molar-refractivity contribution in [3.05, 3.63) is 24.3 Å².